The molecule has 22 heavy (non-hydrogen) atoms. The van der Waals surface area contributed by atoms with E-state index >= 15 is 0 Å². The highest BCUT2D eigenvalue weighted by Crippen LogP contribution is 2.36. The molecule has 11 heteroatoms. The van der Waals surface area contributed by atoms with E-state index in [-0.39, 0.29) is 30.2 Å². The van der Waals surface area contributed by atoms with E-state index in [0.717, 1.165) is 22.7 Å². The molecule has 0 aliphatic rings. The lowest BCUT2D eigenvalue weighted by molar-refractivity contribution is -0.134. The molecule has 0 amide bonds. The van der Waals surface area contributed by atoms with E-state index in [1.807, 2.05) is 6.92 Å². The van der Waals surface area contributed by atoms with Gasteiger partial charge in [-0.15, -0.1) is 11.3 Å². The Balaban J connectivity index is 2.12. The number of sulfonamides is 1. The van der Waals surface area contributed by atoms with Crippen LogP contribution in [0.15, 0.2) is 17.2 Å². The van der Waals surface area contributed by atoms with Crippen molar-refractivity contribution in [2.24, 2.45) is 0 Å². The summed E-state index contributed by atoms with van der Waals surface area (Å²) in [4.78, 5) is 15.1. The molecule has 0 atom stereocenters. The number of anilines is 1. The quantitative estimate of drug-likeness (QED) is 0.739. The van der Waals surface area contributed by atoms with Gasteiger partial charge < -0.3 is 4.74 Å². The first-order valence-electron chi connectivity index (χ1n) is 5.96. The maximum atomic E-state index is 12.2. The number of halogens is 2. The molecular formula is C11H10Cl2N2O4S3. The Morgan fingerprint density at radius 2 is 2.14 bits per heavy atom. The fourth-order valence-electron chi connectivity index (χ4n) is 1.40. The van der Waals surface area contributed by atoms with E-state index in [4.69, 9.17) is 27.9 Å². The molecule has 2 rings (SSSR count). The number of nitrogens with zero attached hydrogens (tertiary/aromatic N) is 1. The molecular weight excluding hydrogens is 391 g/mol. The zero-order valence-electron chi connectivity index (χ0n) is 11.1. The minimum Gasteiger partial charge on any atom is -0.414 e. The predicted octanol–water partition coefficient (Wildman–Crippen LogP) is 4.02. The maximum Gasteiger partial charge on any atom is 0.312 e. The Labute approximate surface area is 145 Å². The van der Waals surface area contributed by atoms with Crippen LogP contribution in [0.4, 0.5) is 5.13 Å². The van der Waals surface area contributed by atoms with Crippen LogP contribution >= 0.6 is 45.9 Å². The average Bonchev–Trinajstić information content (AvgIpc) is 2.96. The number of carbonyl (C=O) groups is 1. The average molecular weight is 401 g/mol. The number of hydrogen-bond donors (Lipinski definition) is 1. The topological polar surface area (TPSA) is 85.4 Å². The molecule has 2 aromatic rings. The van der Waals surface area contributed by atoms with Crippen molar-refractivity contribution in [2.45, 2.75) is 24.7 Å². The summed E-state index contributed by atoms with van der Waals surface area (Å²) in [7, 11) is -3.90. The highest BCUT2D eigenvalue weighted by molar-refractivity contribution is 7.93. The summed E-state index contributed by atoms with van der Waals surface area (Å²) in [5, 5.41) is 0.281. The second-order valence-corrected chi connectivity index (χ2v) is 8.93. The zero-order chi connectivity index (χ0) is 16.3. The summed E-state index contributed by atoms with van der Waals surface area (Å²) in [6.45, 7) is 1.85. The first kappa shape index (κ1) is 17.5. The third-order valence-electron chi connectivity index (χ3n) is 2.29. The molecule has 0 aliphatic carbocycles. The number of thiophene rings is 1. The molecule has 0 radical (unpaired) electrons. The highest BCUT2D eigenvalue weighted by atomic mass is 35.5. The Kier molecular flexibility index (Phi) is 5.67. The van der Waals surface area contributed by atoms with Gasteiger partial charge in [0.2, 0.25) is 5.06 Å². The van der Waals surface area contributed by atoms with Gasteiger partial charge >= 0.3 is 5.97 Å². The fourth-order valence-corrected chi connectivity index (χ4v) is 5.48. The lowest BCUT2D eigenvalue weighted by Crippen LogP contribution is -2.12. The smallest absolute Gasteiger partial charge is 0.312 e. The van der Waals surface area contributed by atoms with Crippen LogP contribution < -0.4 is 9.46 Å². The Morgan fingerprint density at radius 1 is 1.41 bits per heavy atom. The fraction of sp³-hybridized carbons (Fsp3) is 0.273. The van der Waals surface area contributed by atoms with Crippen molar-refractivity contribution in [3.63, 3.8) is 0 Å². The molecule has 0 aromatic carbocycles. The molecule has 0 saturated carbocycles. The Bertz CT molecular complexity index is 785. The largest absolute Gasteiger partial charge is 0.414 e. The lowest BCUT2D eigenvalue weighted by Gasteiger charge is -2.03. The highest BCUT2D eigenvalue weighted by Gasteiger charge is 2.22. The van der Waals surface area contributed by atoms with Crippen LogP contribution in [0.2, 0.25) is 8.67 Å². The van der Waals surface area contributed by atoms with Crippen LogP contribution in [-0.4, -0.2) is 19.4 Å². The first-order chi connectivity index (χ1) is 10.3. The molecule has 6 nitrogen and oxygen atoms in total. The lowest BCUT2D eigenvalue weighted by atomic mass is 10.3. The van der Waals surface area contributed by atoms with Crippen molar-refractivity contribution in [1.82, 2.24) is 4.98 Å². The van der Waals surface area contributed by atoms with E-state index in [0.29, 0.717) is 6.42 Å². The second-order valence-electron chi connectivity index (χ2n) is 4.00. The number of carbonyl (C=O) groups excluding carboxylic acids is 1. The van der Waals surface area contributed by atoms with E-state index in [1.165, 1.54) is 12.3 Å². The molecule has 0 spiro atoms. The maximum absolute atomic E-state index is 12.2. The van der Waals surface area contributed by atoms with Crippen molar-refractivity contribution in [3.8, 4) is 5.06 Å². The van der Waals surface area contributed by atoms with Crippen LogP contribution in [0.5, 0.6) is 5.06 Å². The van der Waals surface area contributed by atoms with Gasteiger partial charge in [-0.3, -0.25) is 9.52 Å². The van der Waals surface area contributed by atoms with Crippen LogP contribution in [-0.2, 0) is 14.8 Å². The van der Waals surface area contributed by atoms with Gasteiger partial charge in [-0.2, -0.15) is 0 Å². The van der Waals surface area contributed by atoms with E-state index in [2.05, 4.69) is 9.71 Å². The molecule has 1 N–H and O–H groups in total. The number of rotatable bonds is 6. The van der Waals surface area contributed by atoms with E-state index < -0.39 is 16.0 Å². The number of hydrogen-bond acceptors (Lipinski definition) is 7. The summed E-state index contributed by atoms with van der Waals surface area (Å²) in [5.74, 6) is -0.395. The van der Waals surface area contributed by atoms with Crippen molar-refractivity contribution < 1.29 is 17.9 Å². The number of aromatic nitrogens is 1. The van der Waals surface area contributed by atoms with Crippen molar-refractivity contribution in [1.29, 1.82) is 0 Å². The SMILES string of the molecule is CCCC(=O)Oc1cnc(NS(=O)(=O)c2cc(Cl)sc2Cl)s1. The monoisotopic (exact) mass is 400 g/mol. The molecule has 0 fully saturated rings. The van der Waals surface area contributed by atoms with Crippen LogP contribution in [0, 0.1) is 0 Å². The standard InChI is InChI=1S/C11H10Cl2N2O4S3/c1-2-3-8(16)19-9-5-14-11(21-9)15-22(17,18)6-4-7(12)20-10(6)13/h4-5H,2-3H2,1H3,(H,14,15). The number of ether oxygens (including phenoxy) is 1. The van der Waals surface area contributed by atoms with Gasteiger partial charge in [0.05, 0.1) is 10.5 Å². The van der Waals surface area contributed by atoms with Gasteiger partial charge in [0.25, 0.3) is 10.0 Å². The summed E-state index contributed by atoms with van der Waals surface area (Å²) in [5.41, 5.74) is 0. The zero-order valence-corrected chi connectivity index (χ0v) is 15.1. The minimum atomic E-state index is -3.90. The van der Waals surface area contributed by atoms with Gasteiger partial charge in [0, 0.05) is 6.42 Å². The predicted molar refractivity (Wildman–Crippen MR) is 87.8 cm³/mol. The van der Waals surface area contributed by atoms with E-state index in [9.17, 15) is 13.2 Å². The van der Waals surface area contributed by atoms with Crippen LogP contribution in [0.25, 0.3) is 0 Å². The third kappa shape index (κ3) is 4.32. The molecule has 0 saturated heterocycles. The van der Waals surface area contributed by atoms with Gasteiger partial charge in [0.15, 0.2) is 5.13 Å². The van der Waals surface area contributed by atoms with Gasteiger partial charge in [-0.25, -0.2) is 13.4 Å². The summed E-state index contributed by atoms with van der Waals surface area (Å²) < 4.78 is 32.0. The van der Waals surface area contributed by atoms with Gasteiger partial charge in [-0.1, -0.05) is 41.5 Å². The number of esters is 1. The van der Waals surface area contributed by atoms with Crippen molar-refractivity contribution >= 4 is 67.0 Å². The second kappa shape index (κ2) is 7.14. The van der Waals surface area contributed by atoms with Crippen molar-refractivity contribution in [2.75, 3.05) is 4.72 Å². The number of thiazole rings is 1. The third-order valence-corrected chi connectivity index (χ3v) is 6.30. The molecule has 2 aromatic heterocycles. The van der Waals surface area contributed by atoms with Gasteiger partial charge in [-0.05, 0) is 12.5 Å². The molecule has 120 valence electrons. The summed E-state index contributed by atoms with van der Waals surface area (Å²) in [6.07, 6.45) is 2.22. The van der Waals surface area contributed by atoms with Gasteiger partial charge in [0.1, 0.15) is 9.23 Å². The Morgan fingerprint density at radius 3 is 2.73 bits per heavy atom. The molecule has 2 heterocycles. The Hall–Kier alpha value is -0.870. The molecule has 0 bridgehead atoms. The normalized spacial score (nSPS) is 11.4. The summed E-state index contributed by atoms with van der Waals surface area (Å²) >= 11 is 13.4. The minimum absolute atomic E-state index is 0.0589. The van der Waals surface area contributed by atoms with Crippen molar-refractivity contribution in [3.05, 3.63) is 20.9 Å². The number of nitrogens with one attached hydrogen (secondary N) is 1. The molecule has 0 unspecified atom stereocenters. The molecule has 0 aliphatic heterocycles. The first-order valence-corrected chi connectivity index (χ1v) is 9.83. The van der Waals surface area contributed by atoms with Crippen LogP contribution in [0.3, 0.4) is 0 Å². The van der Waals surface area contributed by atoms with E-state index in [1.54, 1.807) is 0 Å². The van der Waals surface area contributed by atoms with Crippen LogP contribution in [0.1, 0.15) is 19.8 Å². The summed E-state index contributed by atoms with van der Waals surface area (Å²) in [6, 6.07) is 1.26.